The van der Waals surface area contributed by atoms with Crippen molar-refractivity contribution in [3.63, 3.8) is 0 Å². The standard InChI is InChI=1S/C24H19ClN6O3/c1-2-30-23(32)29-22(31(24(30)33)15-17-3-7-18(25)8-4-17)28-21-12-11-20(14-27-21)34-19-9-5-16(13-26)6-10-19/h3-12,14H,2,15H2,1H3,(H,27,28,29,32). The van der Waals surface area contributed by atoms with E-state index < -0.39 is 11.4 Å². The van der Waals surface area contributed by atoms with E-state index in [9.17, 15) is 9.59 Å². The summed E-state index contributed by atoms with van der Waals surface area (Å²) in [6.07, 6.45) is 1.50. The Morgan fingerprint density at radius 3 is 2.32 bits per heavy atom. The summed E-state index contributed by atoms with van der Waals surface area (Å²) in [6, 6.07) is 19.1. The van der Waals surface area contributed by atoms with Gasteiger partial charge in [0.25, 0.3) is 0 Å². The first-order valence-electron chi connectivity index (χ1n) is 10.3. The van der Waals surface area contributed by atoms with Crippen LogP contribution in [0.25, 0.3) is 0 Å². The maximum absolute atomic E-state index is 13.0. The number of nitrogens with zero attached hydrogens (tertiary/aromatic N) is 5. The lowest BCUT2D eigenvalue weighted by atomic mass is 10.2. The first kappa shape index (κ1) is 22.8. The van der Waals surface area contributed by atoms with Crippen LogP contribution in [0.5, 0.6) is 11.5 Å². The van der Waals surface area contributed by atoms with Gasteiger partial charge in [-0.05, 0) is 61.0 Å². The molecule has 4 rings (SSSR count). The molecule has 34 heavy (non-hydrogen) atoms. The molecular formula is C24H19ClN6O3. The highest BCUT2D eigenvalue weighted by atomic mass is 35.5. The SMILES string of the molecule is CCn1c(=O)nc(Nc2ccc(Oc3ccc(C#N)cc3)cn2)n(Cc2ccc(Cl)cc2)c1=O. The van der Waals surface area contributed by atoms with Crippen LogP contribution in [0, 0.1) is 11.3 Å². The predicted octanol–water partition coefficient (Wildman–Crippen LogP) is 3.93. The Morgan fingerprint density at radius 1 is 1.00 bits per heavy atom. The lowest BCUT2D eigenvalue weighted by Gasteiger charge is -2.15. The van der Waals surface area contributed by atoms with Crippen molar-refractivity contribution in [2.24, 2.45) is 0 Å². The first-order chi connectivity index (χ1) is 16.5. The Kier molecular flexibility index (Phi) is 6.71. The molecule has 4 aromatic rings. The number of aromatic nitrogens is 4. The number of rotatable bonds is 7. The molecule has 0 aliphatic carbocycles. The van der Waals surface area contributed by atoms with E-state index in [1.807, 2.05) is 6.07 Å². The third kappa shape index (κ3) is 5.14. The van der Waals surface area contributed by atoms with Crippen LogP contribution in [0.2, 0.25) is 5.02 Å². The molecule has 0 saturated carbocycles. The third-order valence-electron chi connectivity index (χ3n) is 4.92. The minimum Gasteiger partial charge on any atom is -0.456 e. The number of hydrogen-bond acceptors (Lipinski definition) is 7. The summed E-state index contributed by atoms with van der Waals surface area (Å²) < 4.78 is 8.16. The number of anilines is 2. The molecule has 0 saturated heterocycles. The second-order valence-corrected chi connectivity index (χ2v) is 7.64. The van der Waals surface area contributed by atoms with Crippen LogP contribution in [0.1, 0.15) is 18.1 Å². The van der Waals surface area contributed by atoms with E-state index in [2.05, 4.69) is 15.3 Å². The number of hydrogen-bond donors (Lipinski definition) is 1. The van der Waals surface area contributed by atoms with Gasteiger partial charge >= 0.3 is 11.4 Å². The van der Waals surface area contributed by atoms with Crippen molar-refractivity contribution in [1.82, 2.24) is 19.1 Å². The normalized spacial score (nSPS) is 10.5. The summed E-state index contributed by atoms with van der Waals surface area (Å²) in [6.45, 7) is 2.09. The zero-order chi connectivity index (χ0) is 24.1. The zero-order valence-corrected chi connectivity index (χ0v) is 18.9. The number of pyridine rings is 1. The Bertz CT molecular complexity index is 1450. The van der Waals surface area contributed by atoms with Gasteiger partial charge in [0.05, 0.1) is 24.4 Å². The smallest absolute Gasteiger partial charge is 0.354 e. The number of ether oxygens (including phenoxy) is 1. The predicted molar refractivity (Wildman–Crippen MR) is 128 cm³/mol. The Morgan fingerprint density at radius 2 is 1.71 bits per heavy atom. The third-order valence-corrected chi connectivity index (χ3v) is 5.17. The van der Waals surface area contributed by atoms with Crippen molar-refractivity contribution in [2.75, 3.05) is 5.32 Å². The molecule has 0 fully saturated rings. The minimum atomic E-state index is -0.650. The van der Waals surface area contributed by atoms with Gasteiger partial charge in [-0.2, -0.15) is 10.2 Å². The van der Waals surface area contributed by atoms with Gasteiger partial charge < -0.3 is 10.1 Å². The number of nitriles is 1. The van der Waals surface area contributed by atoms with Gasteiger partial charge in [0.2, 0.25) is 5.95 Å². The van der Waals surface area contributed by atoms with E-state index in [0.717, 1.165) is 10.1 Å². The molecule has 170 valence electrons. The average Bonchev–Trinajstić information content (AvgIpc) is 2.84. The van der Waals surface area contributed by atoms with Gasteiger partial charge in [0.15, 0.2) is 0 Å². The van der Waals surface area contributed by atoms with Gasteiger partial charge in [-0.1, -0.05) is 23.7 Å². The molecule has 0 aliphatic rings. The van der Waals surface area contributed by atoms with Crippen molar-refractivity contribution < 1.29 is 4.74 Å². The van der Waals surface area contributed by atoms with Crippen molar-refractivity contribution in [3.8, 4) is 17.6 Å². The molecule has 0 radical (unpaired) electrons. The Hall–Kier alpha value is -4.42. The quantitative estimate of drug-likeness (QED) is 0.431. The first-order valence-corrected chi connectivity index (χ1v) is 10.7. The van der Waals surface area contributed by atoms with Crippen LogP contribution in [0.15, 0.2) is 76.4 Å². The lowest BCUT2D eigenvalue weighted by molar-refractivity contribution is 0.480. The van der Waals surface area contributed by atoms with Gasteiger partial charge in [-0.15, -0.1) is 0 Å². The van der Waals surface area contributed by atoms with Crippen LogP contribution < -0.4 is 21.4 Å². The molecule has 0 aliphatic heterocycles. The molecule has 9 nitrogen and oxygen atoms in total. The van der Waals surface area contributed by atoms with Crippen molar-refractivity contribution in [1.29, 1.82) is 5.26 Å². The van der Waals surface area contributed by atoms with E-state index in [1.165, 1.54) is 10.8 Å². The van der Waals surface area contributed by atoms with Crippen LogP contribution >= 0.6 is 11.6 Å². The Balaban J connectivity index is 1.59. The summed E-state index contributed by atoms with van der Waals surface area (Å²) in [5.74, 6) is 1.48. The van der Waals surface area contributed by atoms with Gasteiger partial charge in [0, 0.05) is 11.6 Å². The molecule has 2 heterocycles. The van der Waals surface area contributed by atoms with Gasteiger partial charge in [-0.25, -0.2) is 19.1 Å². The summed E-state index contributed by atoms with van der Waals surface area (Å²) in [5.41, 5.74) is 0.216. The molecule has 0 bridgehead atoms. The highest BCUT2D eigenvalue weighted by Gasteiger charge is 2.14. The molecule has 1 N–H and O–H groups in total. The van der Waals surface area contributed by atoms with Crippen LogP contribution in [-0.2, 0) is 13.1 Å². The molecule has 0 amide bonds. The average molecular weight is 475 g/mol. The number of benzene rings is 2. The second kappa shape index (κ2) is 10.0. The maximum atomic E-state index is 13.0. The fourth-order valence-electron chi connectivity index (χ4n) is 3.17. The summed E-state index contributed by atoms with van der Waals surface area (Å²) >= 11 is 5.96. The van der Waals surface area contributed by atoms with Crippen LogP contribution in [-0.4, -0.2) is 19.1 Å². The molecular weight excluding hydrogens is 456 g/mol. The highest BCUT2D eigenvalue weighted by molar-refractivity contribution is 6.30. The summed E-state index contributed by atoms with van der Waals surface area (Å²) in [5, 5.41) is 12.4. The van der Waals surface area contributed by atoms with E-state index in [1.54, 1.807) is 67.6 Å². The van der Waals surface area contributed by atoms with Crippen molar-refractivity contribution in [3.05, 3.63) is 104 Å². The van der Waals surface area contributed by atoms with Crippen molar-refractivity contribution in [2.45, 2.75) is 20.0 Å². The fourth-order valence-corrected chi connectivity index (χ4v) is 3.30. The number of halogens is 1. The van der Waals surface area contributed by atoms with E-state index >= 15 is 0 Å². The maximum Gasteiger partial charge on any atom is 0.354 e. The van der Waals surface area contributed by atoms with E-state index in [4.69, 9.17) is 21.6 Å². The van der Waals surface area contributed by atoms with Crippen LogP contribution in [0.4, 0.5) is 11.8 Å². The zero-order valence-electron chi connectivity index (χ0n) is 18.1. The Labute approximate surface area is 199 Å². The summed E-state index contributed by atoms with van der Waals surface area (Å²) in [4.78, 5) is 33.7. The largest absolute Gasteiger partial charge is 0.456 e. The molecule has 2 aromatic carbocycles. The van der Waals surface area contributed by atoms with Gasteiger partial charge in [-0.3, -0.25) is 4.57 Å². The second-order valence-electron chi connectivity index (χ2n) is 7.20. The number of nitrogens with one attached hydrogen (secondary N) is 1. The lowest BCUT2D eigenvalue weighted by Crippen LogP contribution is -2.42. The molecule has 0 atom stereocenters. The fraction of sp³-hybridized carbons (Fsp3) is 0.125. The molecule has 0 spiro atoms. The van der Waals surface area contributed by atoms with E-state index in [0.29, 0.717) is 27.9 Å². The van der Waals surface area contributed by atoms with Crippen molar-refractivity contribution >= 4 is 23.4 Å². The monoisotopic (exact) mass is 474 g/mol. The highest BCUT2D eigenvalue weighted by Crippen LogP contribution is 2.22. The summed E-state index contributed by atoms with van der Waals surface area (Å²) in [7, 11) is 0. The molecule has 0 unspecified atom stereocenters. The van der Waals surface area contributed by atoms with E-state index in [-0.39, 0.29) is 19.0 Å². The van der Waals surface area contributed by atoms with Gasteiger partial charge in [0.1, 0.15) is 17.3 Å². The molecule has 10 heteroatoms. The molecule has 2 aromatic heterocycles. The topological polar surface area (TPSA) is 115 Å². The van der Waals surface area contributed by atoms with Crippen LogP contribution in [0.3, 0.4) is 0 Å². The minimum absolute atomic E-state index is 0.0721.